The van der Waals surface area contributed by atoms with Gasteiger partial charge in [-0.3, -0.25) is 4.99 Å². The lowest BCUT2D eigenvalue weighted by atomic mass is 10.2. The molecule has 1 aromatic heterocycles. The molecular weight excluding hydrogens is 481 g/mol. The smallest absolute Gasteiger partial charge is 0.195 e. The number of nitrogens with zero attached hydrogens (tertiary/aromatic N) is 2. The van der Waals surface area contributed by atoms with Crippen molar-refractivity contribution in [3.8, 4) is 22.8 Å². The predicted molar refractivity (Wildman–Crippen MR) is 125 cm³/mol. The van der Waals surface area contributed by atoms with Crippen molar-refractivity contribution < 1.29 is 9.47 Å². The van der Waals surface area contributed by atoms with Crippen LogP contribution in [0.3, 0.4) is 0 Å². The number of imidazole rings is 1. The first-order valence-corrected chi connectivity index (χ1v) is 9.28. The maximum Gasteiger partial charge on any atom is 0.195 e. The lowest BCUT2D eigenvalue weighted by molar-refractivity contribution is 0.297. The van der Waals surface area contributed by atoms with Crippen molar-refractivity contribution >= 4 is 35.6 Å². The van der Waals surface area contributed by atoms with Crippen molar-refractivity contribution in [3.05, 3.63) is 60.6 Å². The van der Waals surface area contributed by atoms with E-state index in [0.29, 0.717) is 25.7 Å². The third kappa shape index (κ3) is 5.41. The second-order valence-electron chi connectivity index (χ2n) is 6.37. The fraction of sp³-hybridized carbons (Fsp3) is 0.238. The van der Waals surface area contributed by atoms with E-state index >= 15 is 0 Å². The Balaban J connectivity index is 0.00000240. The quantitative estimate of drug-likeness (QED) is 0.283. The Hall–Kier alpha value is -2.75. The van der Waals surface area contributed by atoms with Gasteiger partial charge in [0.25, 0.3) is 0 Å². The molecule has 0 bridgehead atoms. The summed E-state index contributed by atoms with van der Waals surface area (Å²) in [5.41, 5.74) is 2.97. The monoisotopic (exact) mass is 505 g/mol. The van der Waals surface area contributed by atoms with Gasteiger partial charge in [-0.05, 0) is 17.7 Å². The molecule has 7 nitrogen and oxygen atoms in total. The minimum absolute atomic E-state index is 0. The highest BCUT2D eigenvalue weighted by Gasteiger charge is 2.11. The second kappa shape index (κ2) is 10.1. The Morgan fingerprint density at radius 2 is 1.90 bits per heavy atom. The highest BCUT2D eigenvalue weighted by atomic mass is 127. The van der Waals surface area contributed by atoms with E-state index in [1.54, 1.807) is 7.05 Å². The number of guanidine groups is 1. The van der Waals surface area contributed by atoms with Crippen LogP contribution in [0.15, 0.2) is 59.7 Å². The number of aromatic nitrogens is 2. The molecule has 1 aliphatic heterocycles. The molecule has 2 aromatic carbocycles. The first kappa shape index (κ1) is 21.0. The Morgan fingerprint density at radius 1 is 1.10 bits per heavy atom. The van der Waals surface area contributed by atoms with E-state index in [0.717, 1.165) is 40.7 Å². The van der Waals surface area contributed by atoms with Crippen molar-refractivity contribution in [3.63, 3.8) is 0 Å². The van der Waals surface area contributed by atoms with Crippen molar-refractivity contribution in [2.24, 2.45) is 4.99 Å². The van der Waals surface area contributed by atoms with Crippen LogP contribution in [0.5, 0.6) is 11.5 Å². The number of ether oxygens (including phenoxy) is 2. The van der Waals surface area contributed by atoms with E-state index in [4.69, 9.17) is 9.47 Å². The number of benzene rings is 2. The molecular formula is C21H24IN5O2. The van der Waals surface area contributed by atoms with Gasteiger partial charge < -0.3 is 25.1 Å². The summed E-state index contributed by atoms with van der Waals surface area (Å²) in [6.45, 7) is 1.86. The third-order valence-electron chi connectivity index (χ3n) is 4.37. The molecule has 0 saturated carbocycles. The van der Waals surface area contributed by atoms with Crippen molar-refractivity contribution in [1.82, 2.24) is 15.3 Å². The Bertz CT molecular complexity index is 959. The molecule has 3 aromatic rings. The Labute approximate surface area is 187 Å². The molecule has 0 fully saturated rings. The lowest BCUT2D eigenvalue weighted by Crippen LogP contribution is -2.30. The van der Waals surface area contributed by atoms with E-state index in [1.165, 1.54) is 0 Å². The molecule has 152 valence electrons. The minimum atomic E-state index is 0. The molecule has 0 radical (unpaired) electrons. The van der Waals surface area contributed by atoms with Gasteiger partial charge in [0, 0.05) is 25.2 Å². The summed E-state index contributed by atoms with van der Waals surface area (Å²) in [5, 5.41) is 6.53. The van der Waals surface area contributed by atoms with Crippen molar-refractivity contribution in [2.45, 2.75) is 13.0 Å². The van der Waals surface area contributed by atoms with Gasteiger partial charge in [-0.1, -0.05) is 30.3 Å². The molecule has 4 rings (SSSR count). The minimum Gasteiger partial charge on any atom is -0.490 e. The molecule has 29 heavy (non-hydrogen) atoms. The van der Waals surface area contributed by atoms with Gasteiger partial charge in [0.2, 0.25) is 0 Å². The first-order valence-electron chi connectivity index (χ1n) is 9.28. The molecule has 0 aliphatic carbocycles. The van der Waals surface area contributed by atoms with Gasteiger partial charge in [0.1, 0.15) is 5.82 Å². The van der Waals surface area contributed by atoms with Gasteiger partial charge in [-0.25, -0.2) is 4.98 Å². The molecule has 0 amide bonds. The largest absolute Gasteiger partial charge is 0.490 e. The third-order valence-corrected chi connectivity index (χ3v) is 4.37. The number of H-pyrrole nitrogens is 1. The van der Waals surface area contributed by atoms with E-state index in [9.17, 15) is 0 Å². The molecule has 0 atom stereocenters. The van der Waals surface area contributed by atoms with Crippen LogP contribution in [-0.4, -0.2) is 36.2 Å². The number of aliphatic imine (C=N–C) groups is 1. The standard InChI is InChI=1S/C21H23N5O2.HI/c1-22-21(25-16-8-9-18-19(12-16)28-11-5-10-27-18)24-14-20-23-13-17(26-20)15-6-3-2-4-7-15;/h2-4,6-9,12-13H,5,10-11,14H2,1H3,(H,23,26)(H2,22,24,25);1H. The van der Waals surface area contributed by atoms with E-state index in [-0.39, 0.29) is 24.0 Å². The highest BCUT2D eigenvalue weighted by molar-refractivity contribution is 14.0. The number of hydrogen-bond donors (Lipinski definition) is 3. The molecule has 1 aliphatic rings. The number of aromatic amines is 1. The zero-order chi connectivity index (χ0) is 19.2. The van der Waals surface area contributed by atoms with Gasteiger partial charge in [-0.2, -0.15) is 0 Å². The van der Waals surface area contributed by atoms with Gasteiger partial charge in [0.05, 0.1) is 31.6 Å². The highest BCUT2D eigenvalue weighted by Crippen LogP contribution is 2.32. The van der Waals surface area contributed by atoms with Crippen LogP contribution < -0.4 is 20.1 Å². The normalized spacial score (nSPS) is 13.2. The second-order valence-corrected chi connectivity index (χ2v) is 6.37. The SMILES string of the molecule is CN=C(NCc1ncc(-c2ccccc2)[nH]1)Nc1ccc2c(c1)OCCCO2.I. The number of nitrogens with one attached hydrogen (secondary N) is 3. The van der Waals surface area contributed by atoms with Crippen LogP contribution in [-0.2, 0) is 6.54 Å². The number of anilines is 1. The Kier molecular flexibility index (Phi) is 7.34. The van der Waals surface area contributed by atoms with E-state index in [2.05, 4.69) is 37.7 Å². The van der Waals surface area contributed by atoms with Crippen LogP contribution in [0.2, 0.25) is 0 Å². The fourth-order valence-electron chi connectivity index (χ4n) is 2.94. The molecule has 2 heterocycles. The lowest BCUT2D eigenvalue weighted by Gasteiger charge is -2.13. The average Bonchev–Trinajstić information content (AvgIpc) is 3.09. The van der Waals surface area contributed by atoms with Crippen LogP contribution in [0.1, 0.15) is 12.2 Å². The molecule has 0 saturated heterocycles. The number of rotatable bonds is 4. The van der Waals surface area contributed by atoms with E-state index < -0.39 is 0 Å². The van der Waals surface area contributed by atoms with Crippen LogP contribution in [0.25, 0.3) is 11.3 Å². The molecule has 0 spiro atoms. The summed E-state index contributed by atoms with van der Waals surface area (Å²) in [6, 6.07) is 15.9. The van der Waals surface area contributed by atoms with Crippen LogP contribution in [0, 0.1) is 0 Å². The number of fused-ring (bicyclic) bond motifs is 1. The van der Waals surface area contributed by atoms with Crippen LogP contribution >= 0.6 is 24.0 Å². The molecule has 0 unspecified atom stereocenters. The zero-order valence-electron chi connectivity index (χ0n) is 16.1. The summed E-state index contributed by atoms with van der Waals surface area (Å²) in [4.78, 5) is 12.0. The summed E-state index contributed by atoms with van der Waals surface area (Å²) < 4.78 is 11.4. The summed E-state index contributed by atoms with van der Waals surface area (Å²) >= 11 is 0. The maximum atomic E-state index is 5.74. The molecule has 8 heteroatoms. The van der Waals surface area contributed by atoms with Crippen molar-refractivity contribution in [2.75, 3.05) is 25.6 Å². The van der Waals surface area contributed by atoms with Gasteiger partial charge in [-0.15, -0.1) is 24.0 Å². The number of halogens is 1. The fourth-order valence-corrected chi connectivity index (χ4v) is 2.94. The molecule has 3 N–H and O–H groups in total. The van der Waals surface area contributed by atoms with E-state index in [1.807, 2.05) is 42.6 Å². The summed E-state index contributed by atoms with van der Waals surface area (Å²) in [6.07, 6.45) is 2.72. The van der Waals surface area contributed by atoms with Gasteiger partial charge >= 0.3 is 0 Å². The maximum absolute atomic E-state index is 5.74. The summed E-state index contributed by atoms with van der Waals surface area (Å²) in [5.74, 6) is 3.00. The Morgan fingerprint density at radius 3 is 2.69 bits per heavy atom. The number of hydrogen-bond acceptors (Lipinski definition) is 4. The predicted octanol–water partition coefficient (Wildman–Crippen LogP) is 4.04. The van der Waals surface area contributed by atoms with Gasteiger partial charge in [0.15, 0.2) is 17.5 Å². The first-order chi connectivity index (χ1) is 13.8. The summed E-state index contributed by atoms with van der Waals surface area (Å²) in [7, 11) is 1.73. The topological polar surface area (TPSA) is 83.6 Å². The van der Waals surface area contributed by atoms with Crippen LogP contribution in [0.4, 0.5) is 5.69 Å². The zero-order valence-corrected chi connectivity index (χ0v) is 18.5. The van der Waals surface area contributed by atoms with Crippen molar-refractivity contribution in [1.29, 1.82) is 0 Å². The average molecular weight is 505 g/mol.